The second kappa shape index (κ2) is 3.14. The van der Waals surface area contributed by atoms with E-state index in [0.29, 0.717) is 5.82 Å². The summed E-state index contributed by atoms with van der Waals surface area (Å²) in [7, 11) is 0. The molecule has 0 spiro atoms. The molecule has 0 radical (unpaired) electrons. The van der Waals surface area contributed by atoms with Gasteiger partial charge in [0.15, 0.2) is 0 Å². The molecule has 2 rings (SSSR count). The summed E-state index contributed by atoms with van der Waals surface area (Å²) in [6.07, 6.45) is 3.26. The number of aromatic nitrogens is 2. The Morgan fingerprint density at radius 3 is 2.69 bits per heavy atom. The third-order valence-corrected chi connectivity index (χ3v) is 2.56. The van der Waals surface area contributed by atoms with Crippen molar-refractivity contribution in [3.63, 3.8) is 0 Å². The lowest BCUT2D eigenvalue weighted by atomic mass is 10.2. The molecule has 2 N–H and O–H groups in total. The summed E-state index contributed by atoms with van der Waals surface area (Å²) in [6.45, 7) is 2.07. The van der Waals surface area contributed by atoms with Gasteiger partial charge in [-0.3, -0.25) is 4.98 Å². The molecule has 0 bridgehead atoms. The Hall–Kier alpha value is -1.42. The molecular weight excluding hydrogens is 182 g/mol. The highest BCUT2D eigenvalue weighted by atomic mass is 32.1. The standard InChI is InChI=1S/C9H9N3S/c1-6-2-7(5-13-6)8-3-12-9(10)4-11-8/h2-5H,1H3,(H2,10,12). The summed E-state index contributed by atoms with van der Waals surface area (Å²) >= 11 is 1.70. The molecule has 0 unspecified atom stereocenters. The molecule has 13 heavy (non-hydrogen) atoms. The van der Waals surface area contributed by atoms with E-state index in [9.17, 15) is 0 Å². The van der Waals surface area contributed by atoms with E-state index in [4.69, 9.17) is 5.73 Å². The quantitative estimate of drug-likeness (QED) is 0.751. The molecule has 0 aliphatic rings. The van der Waals surface area contributed by atoms with Gasteiger partial charge in [-0.15, -0.1) is 11.3 Å². The zero-order valence-corrected chi connectivity index (χ0v) is 8.01. The van der Waals surface area contributed by atoms with Crippen LogP contribution in [0.3, 0.4) is 0 Å². The van der Waals surface area contributed by atoms with Crippen molar-refractivity contribution in [2.45, 2.75) is 6.92 Å². The lowest BCUT2D eigenvalue weighted by molar-refractivity contribution is 1.22. The minimum atomic E-state index is 0.454. The summed E-state index contributed by atoms with van der Waals surface area (Å²) in [6, 6.07) is 2.09. The Kier molecular flexibility index (Phi) is 1.98. The SMILES string of the molecule is Cc1cc(-c2cnc(N)cn2)cs1. The first kappa shape index (κ1) is 8.19. The van der Waals surface area contributed by atoms with E-state index in [0.717, 1.165) is 11.3 Å². The van der Waals surface area contributed by atoms with E-state index in [-0.39, 0.29) is 0 Å². The molecule has 0 saturated heterocycles. The number of rotatable bonds is 1. The molecule has 0 aliphatic heterocycles. The van der Waals surface area contributed by atoms with Gasteiger partial charge in [0.05, 0.1) is 18.1 Å². The number of thiophene rings is 1. The highest BCUT2D eigenvalue weighted by molar-refractivity contribution is 7.10. The molecule has 66 valence electrons. The predicted molar refractivity (Wildman–Crippen MR) is 54.5 cm³/mol. The van der Waals surface area contributed by atoms with Crippen LogP contribution in [-0.4, -0.2) is 9.97 Å². The fourth-order valence-electron chi connectivity index (χ4n) is 1.06. The lowest BCUT2D eigenvalue weighted by Crippen LogP contribution is -1.91. The van der Waals surface area contributed by atoms with Gasteiger partial charge < -0.3 is 5.73 Å². The molecule has 4 heteroatoms. The van der Waals surface area contributed by atoms with Crippen molar-refractivity contribution < 1.29 is 0 Å². The molecule has 0 atom stereocenters. The molecule has 0 aromatic carbocycles. The molecule has 2 heterocycles. The van der Waals surface area contributed by atoms with Crippen LogP contribution in [0.4, 0.5) is 5.82 Å². The summed E-state index contributed by atoms with van der Waals surface area (Å²) in [5, 5.41) is 2.07. The van der Waals surface area contributed by atoms with Crippen LogP contribution in [0.2, 0.25) is 0 Å². The summed E-state index contributed by atoms with van der Waals surface area (Å²) in [4.78, 5) is 9.44. The predicted octanol–water partition coefficient (Wildman–Crippen LogP) is 2.10. The highest BCUT2D eigenvalue weighted by Gasteiger charge is 2.01. The van der Waals surface area contributed by atoms with Gasteiger partial charge in [-0.1, -0.05) is 0 Å². The lowest BCUT2D eigenvalue weighted by Gasteiger charge is -1.95. The molecule has 2 aromatic heterocycles. The molecule has 0 amide bonds. The molecule has 3 nitrogen and oxygen atoms in total. The van der Waals surface area contributed by atoms with Crippen molar-refractivity contribution in [3.8, 4) is 11.3 Å². The third kappa shape index (κ3) is 1.67. The van der Waals surface area contributed by atoms with Gasteiger partial charge in [0.1, 0.15) is 5.82 Å². The molecule has 0 fully saturated rings. The van der Waals surface area contributed by atoms with Crippen molar-refractivity contribution in [2.75, 3.05) is 5.73 Å². The Bertz CT molecular complexity index is 405. The second-order valence-electron chi connectivity index (χ2n) is 2.77. The zero-order chi connectivity index (χ0) is 9.26. The van der Waals surface area contributed by atoms with Gasteiger partial charge in [0.2, 0.25) is 0 Å². The zero-order valence-electron chi connectivity index (χ0n) is 7.19. The van der Waals surface area contributed by atoms with Gasteiger partial charge in [0.25, 0.3) is 0 Å². The van der Waals surface area contributed by atoms with Gasteiger partial charge >= 0.3 is 0 Å². The van der Waals surface area contributed by atoms with Crippen molar-refractivity contribution in [1.29, 1.82) is 0 Å². The van der Waals surface area contributed by atoms with Crippen LogP contribution in [0.15, 0.2) is 23.8 Å². The van der Waals surface area contributed by atoms with E-state index >= 15 is 0 Å². The van der Waals surface area contributed by atoms with E-state index in [1.54, 1.807) is 23.7 Å². The molecular formula is C9H9N3S. The van der Waals surface area contributed by atoms with Crippen LogP contribution in [0.25, 0.3) is 11.3 Å². The number of hydrogen-bond donors (Lipinski definition) is 1. The number of nitrogen functional groups attached to an aromatic ring is 1. The topological polar surface area (TPSA) is 51.8 Å². The van der Waals surface area contributed by atoms with E-state index in [1.807, 2.05) is 0 Å². The van der Waals surface area contributed by atoms with Crippen molar-refractivity contribution in [3.05, 3.63) is 28.7 Å². The number of aryl methyl sites for hydroxylation is 1. The smallest absolute Gasteiger partial charge is 0.141 e. The van der Waals surface area contributed by atoms with Gasteiger partial charge in [-0.2, -0.15) is 0 Å². The Balaban J connectivity index is 2.41. The largest absolute Gasteiger partial charge is 0.382 e. The first-order valence-electron chi connectivity index (χ1n) is 3.89. The number of hydrogen-bond acceptors (Lipinski definition) is 4. The molecule has 2 aromatic rings. The number of nitrogens with zero attached hydrogens (tertiary/aromatic N) is 2. The van der Waals surface area contributed by atoms with Crippen molar-refractivity contribution in [2.24, 2.45) is 0 Å². The van der Waals surface area contributed by atoms with Crippen LogP contribution >= 0.6 is 11.3 Å². The van der Waals surface area contributed by atoms with E-state index in [2.05, 4.69) is 28.3 Å². The third-order valence-electron chi connectivity index (χ3n) is 1.70. The van der Waals surface area contributed by atoms with Crippen LogP contribution in [0.5, 0.6) is 0 Å². The maximum Gasteiger partial charge on any atom is 0.141 e. The Morgan fingerprint density at radius 1 is 1.31 bits per heavy atom. The maximum absolute atomic E-state index is 5.44. The summed E-state index contributed by atoms with van der Waals surface area (Å²) in [5.74, 6) is 0.454. The van der Waals surface area contributed by atoms with Gasteiger partial charge in [0, 0.05) is 15.8 Å². The second-order valence-corrected chi connectivity index (χ2v) is 3.89. The average Bonchev–Trinajstić information content (AvgIpc) is 2.53. The maximum atomic E-state index is 5.44. The van der Waals surface area contributed by atoms with Crippen LogP contribution in [-0.2, 0) is 0 Å². The molecule has 0 saturated carbocycles. The van der Waals surface area contributed by atoms with Gasteiger partial charge in [-0.25, -0.2) is 4.98 Å². The van der Waals surface area contributed by atoms with E-state index in [1.165, 1.54) is 4.88 Å². The first-order chi connectivity index (χ1) is 6.25. The van der Waals surface area contributed by atoms with Crippen LogP contribution in [0, 0.1) is 6.92 Å². The monoisotopic (exact) mass is 191 g/mol. The summed E-state index contributed by atoms with van der Waals surface area (Å²) in [5.41, 5.74) is 7.42. The Morgan fingerprint density at radius 2 is 2.15 bits per heavy atom. The highest BCUT2D eigenvalue weighted by Crippen LogP contribution is 2.22. The fourth-order valence-corrected chi connectivity index (χ4v) is 1.76. The van der Waals surface area contributed by atoms with Crippen LogP contribution in [0.1, 0.15) is 4.88 Å². The molecule has 0 aliphatic carbocycles. The van der Waals surface area contributed by atoms with Gasteiger partial charge in [-0.05, 0) is 13.0 Å². The van der Waals surface area contributed by atoms with Crippen molar-refractivity contribution >= 4 is 17.2 Å². The summed E-state index contributed by atoms with van der Waals surface area (Å²) < 4.78 is 0. The normalized spacial score (nSPS) is 10.2. The van der Waals surface area contributed by atoms with Crippen molar-refractivity contribution in [1.82, 2.24) is 9.97 Å². The van der Waals surface area contributed by atoms with E-state index < -0.39 is 0 Å². The number of nitrogens with two attached hydrogens (primary N) is 1. The number of anilines is 1. The fraction of sp³-hybridized carbons (Fsp3) is 0.111. The Labute approximate surface area is 80.3 Å². The minimum absolute atomic E-state index is 0.454. The first-order valence-corrected chi connectivity index (χ1v) is 4.77. The minimum Gasteiger partial charge on any atom is -0.382 e. The average molecular weight is 191 g/mol. The van der Waals surface area contributed by atoms with Crippen LogP contribution < -0.4 is 5.73 Å².